The van der Waals surface area contributed by atoms with E-state index < -0.39 is 0 Å². The van der Waals surface area contributed by atoms with E-state index in [1.54, 1.807) is 6.07 Å². The molecular formula is C15H13ClN2O. The molecule has 1 aromatic heterocycles. The first-order valence-corrected chi connectivity index (χ1v) is 6.49. The van der Waals surface area contributed by atoms with Crippen LogP contribution in [0.2, 0.25) is 5.02 Å². The molecule has 0 radical (unpaired) electrons. The van der Waals surface area contributed by atoms with Crippen molar-refractivity contribution in [2.45, 2.75) is 12.8 Å². The van der Waals surface area contributed by atoms with Crippen LogP contribution in [0.5, 0.6) is 0 Å². The van der Waals surface area contributed by atoms with Crippen LogP contribution in [0.4, 0.5) is 5.69 Å². The van der Waals surface area contributed by atoms with Crippen LogP contribution in [0, 0.1) is 0 Å². The molecule has 0 spiro atoms. The van der Waals surface area contributed by atoms with Gasteiger partial charge in [0.2, 0.25) is 0 Å². The third kappa shape index (κ3) is 2.42. The van der Waals surface area contributed by atoms with Crippen molar-refractivity contribution in [1.82, 2.24) is 4.98 Å². The number of hydrogen-bond acceptors (Lipinski definition) is 3. The molecule has 0 saturated heterocycles. The van der Waals surface area contributed by atoms with Crippen molar-refractivity contribution < 1.29 is 4.42 Å². The topological polar surface area (TPSA) is 52.0 Å². The van der Waals surface area contributed by atoms with Crippen molar-refractivity contribution in [3.8, 4) is 0 Å². The van der Waals surface area contributed by atoms with Crippen molar-refractivity contribution in [3.63, 3.8) is 0 Å². The number of oxazole rings is 1. The number of para-hydroxylation sites is 2. The number of aryl methyl sites for hydroxylation is 2. The highest BCUT2D eigenvalue weighted by Crippen LogP contribution is 2.24. The van der Waals surface area contributed by atoms with Gasteiger partial charge in [-0.3, -0.25) is 0 Å². The maximum absolute atomic E-state index is 6.06. The largest absolute Gasteiger partial charge is 0.439 e. The van der Waals surface area contributed by atoms with Crippen molar-refractivity contribution >= 4 is 28.4 Å². The average molecular weight is 273 g/mol. The Morgan fingerprint density at radius 3 is 2.68 bits per heavy atom. The Balaban J connectivity index is 1.83. The fourth-order valence-corrected chi connectivity index (χ4v) is 2.28. The smallest absolute Gasteiger partial charge is 0.195 e. The number of nitrogen functional groups attached to an aromatic ring is 1. The number of nitrogens with two attached hydrogens (primary N) is 1. The van der Waals surface area contributed by atoms with Gasteiger partial charge in [-0.2, -0.15) is 0 Å². The van der Waals surface area contributed by atoms with Crippen LogP contribution in [0.25, 0.3) is 11.1 Å². The molecule has 0 aliphatic heterocycles. The lowest BCUT2D eigenvalue weighted by Gasteiger charge is -2.02. The molecule has 2 N–H and O–H groups in total. The minimum absolute atomic E-state index is 0.593. The minimum atomic E-state index is 0.593. The first kappa shape index (κ1) is 12.1. The predicted molar refractivity (Wildman–Crippen MR) is 77.3 cm³/mol. The summed E-state index contributed by atoms with van der Waals surface area (Å²) in [7, 11) is 0. The second-order valence-electron chi connectivity index (χ2n) is 4.39. The summed E-state index contributed by atoms with van der Waals surface area (Å²) in [6.45, 7) is 0. The molecule has 0 bridgehead atoms. The number of anilines is 1. The fraction of sp³-hybridized carbons (Fsp3) is 0.133. The van der Waals surface area contributed by atoms with Gasteiger partial charge < -0.3 is 10.2 Å². The zero-order valence-corrected chi connectivity index (χ0v) is 11.0. The third-order valence-electron chi connectivity index (χ3n) is 3.07. The summed E-state index contributed by atoms with van der Waals surface area (Å²) in [6, 6.07) is 13.4. The standard InChI is InChI=1S/C15H13ClN2O/c16-11-5-3-7-13-15(11)19-14(18-13)9-8-10-4-1-2-6-12(10)17/h1-7H,8-9,17H2. The lowest BCUT2D eigenvalue weighted by atomic mass is 10.1. The first-order chi connectivity index (χ1) is 9.24. The Kier molecular flexibility index (Phi) is 3.13. The van der Waals surface area contributed by atoms with Crippen molar-refractivity contribution in [2.24, 2.45) is 0 Å². The van der Waals surface area contributed by atoms with Gasteiger partial charge in [-0.25, -0.2) is 4.98 Å². The molecule has 0 unspecified atom stereocenters. The van der Waals surface area contributed by atoms with E-state index in [9.17, 15) is 0 Å². The number of rotatable bonds is 3. The summed E-state index contributed by atoms with van der Waals surface area (Å²) in [6.07, 6.45) is 1.51. The second-order valence-corrected chi connectivity index (χ2v) is 4.80. The molecule has 0 aliphatic rings. The van der Waals surface area contributed by atoms with Crippen LogP contribution < -0.4 is 5.73 Å². The molecule has 0 amide bonds. The quantitative estimate of drug-likeness (QED) is 0.737. The maximum atomic E-state index is 6.06. The molecule has 0 saturated carbocycles. The Morgan fingerprint density at radius 2 is 1.89 bits per heavy atom. The van der Waals surface area contributed by atoms with E-state index in [0.717, 1.165) is 23.2 Å². The number of hydrogen-bond donors (Lipinski definition) is 1. The summed E-state index contributed by atoms with van der Waals surface area (Å²) >= 11 is 6.06. The van der Waals surface area contributed by atoms with Crippen LogP contribution in [0.3, 0.4) is 0 Å². The third-order valence-corrected chi connectivity index (χ3v) is 3.37. The lowest BCUT2D eigenvalue weighted by molar-refractivity contribution is 0.528. The van der Waals surface area contributed by atoms with E-state index in [2.05, 4.69) is 4.98 Å². The summed E-state index contributed by atoms with van der Waals surface area (Å²) < 4.78 is 5.68. The molecule has 3 nitrogen and oxygen atoms in total. The summed E-state index contributed by atoms with van der Waals surface area (Å²) in [5.41, 5.74) is 9.27. The van der Waals surface area contributed by atoms with Gasteiger partial charge in [0.1, 0.15) is 5.52 Å². The molecule has 3 aromatic rings. The Bertz CT molecular complexity index is 721. The van der Waals surface area contributed by atoms with E-state index in [4.69, 9.17) is 21.8 Å². The van der Waals surface area contributed by atoms with E-state index in [1.165, 1.54) is 0 Å². The van der Waals surface area contributed by atoms with Crippen molar-refractivity contribution in [2.75, 3.05) is 5.73 Å². The van der Waals surface area contributed by atoms with E-state index in [-0.39, 0.29) is 0 Å². The summed E-state index contributed by atoms with van der Waals surface area (Å²) in [4.78, 5) is 4.43. The van der Waals surface area contributed by atoms with Gasteiger partial charge in [-0.1, -0.05) is 35.9 Å². The zero-order chi connectivity index (χ0) is 13.2. The van der Waals surface area contributed by atoms with Crippen molar-refractivity contribution in [3.05, 3.63) is 58.9 Å². The van der Waals surface area contributed by atoms with Gasteiger partial charge in [0, 0.05) is 12.1 Å². The Hall–Kier alpha value is -2.00. The second kappa shape index (κ2) is 4.94. The predicted octanol–water partition coefficient (Wildman–Crippen LogP) is 3.85. The highest BCUT2D eigenvalue weighted by atomic mass is 35.5. The van der Waals surface area contributed by atoms with Gasteiger partial charge in [0.15, 0.2) is 11.5 Å². The molecule has 96 valence electrons. The van der Waals surface area contributed by atoms with Crippen LogP contribution in [-0.2, 0) is 12.8 Å². The average Bonchev–Trinajstić information content (AvgIpc) is 2.82. The molecule has 0 aliphatic carbocycles. The monoisotopic (exact) mass is 272 g/mol. The van der Waals surface area contributed by atoms with Gasteiger partial charge >= 0.3 is 0 Å². The molecule has 0 atom stereocenters. The highest BCUT2D eigenvalue weighted by Gasteiger charge is 2.09. The van der Waals surface area contributed by atoms with E-state index >= 15 is 0 Å². The first-order valence-electron chi connectivity index (χ1n) is 6.11. The van der Waals surface area contributed by atoms with E-state index in [0.29, 0.717) is 22.9 Å². The SMILES string of the molecule is Nc1ccccc1CCc1nc2cccc(Cl)c2o1. The van der Waals surface area contributed by atoms with Gasteiger partial charge in [-0.05, 0) is 30.2 Å². The molecule has 19 heavy (non-hydrogen) atoms. The number of halogens is 1. The molecule has 3 rings (SSSR count). The normalized spacial score (nSPS) is 11.0. The number of aromatic nitrogens is 1. The summed E-state index contributed by atoms with van der Waals surface area (Å²) in [5.74, 6) is 0.686. The van der Waals surface area contributed by atoms with Crippen LogP contribution >= 0.6 is 11.6 Å². The lowest BCUT2D eigenvalue weighted by Crippen LogP contribution is -1.96. The number of benzene rings is 2. The number of fused-ring (bicyclic) bond motifs is 1. The van der Waals surface area contributed by atoms with Gasteiger partial charge in [0.25, 0.3) is 0 Å². The molecule has 4 heteroatoms. The van der Waals surface area contributed by atoms with Crippen LogP contribution in [-0.4, -0.2) is 4.98 Å². The molecule has 0 fully saturated rings. The fourth-order valence-electron chi connectivity index (χ4n) is 2.07. The number of nitrogens with zero attached hydrogens (tertiary/aromatic N) is 1. The van der Waals surface area contributed by atoms with Crippen LogP contribution in [0.15, 0.2) is 46.9 Å². The zero-order valence-electron chi connectivity index (χ0n) is 10.3. The minimum Gasteiger partial charge on any atom is -0.439 e. The van der Waals surface area contributed by atoms with E-state index in [1.807, 2.05) is 36.4 Å². The molecular weight excluding hydrogens is 260 g/mol. The van der Waals surface area contributed by atoms with Gasteiger partial charge in [0.05, 0.1) is 5.02 Å². The molecule has 1 heterocycles. The van der Waals surface area contributed by atoms with Crippen LogP contribution in [0.1, 0.15) is 11.5 Å². The highest BCUT2D eigenvalue weighted by molar-refractivity contribution is 6.34. The Morgan fingerprint density at radius 1 is 1.05 bits per heavy atom. The maximum Gasteiger partial charge on any atom is 0.195 e. The van der Waals surface area contributed by atoms with Crippen molar-refractivity contribution in [1.29, 1.82) is 0 Å². The summed E-state index contributed by atoms with van der Waals surface area (Å²) in [5, 5.41) is 0.593. The van der Waals surface area contributed by atoms with Gasteiger partial charge in [-0.15, -0.1) is 0 Å². The Labute approximate surface area is 116 Å². The molecule has 2 aromatic carbocycles.